The number of thioether (sulfide) groups is 1. The summed E-state index contributed by atoms with van der Waals surface area (Å²) in [6.45, 7) is 0. The molecule has 1 aromatic heterocycles. The number of carbonyl (C=O) groups is 1. The molecule has 0 radical (unpaired) electrons. The van der Waals surface area contributed by atoms with E-state index in [0.717, 1.165) is 15.6 Å². The zero-order valence-electron chi connectivity index (χ0n) is 15.0. The topological polar surface area (TPSA) is 30.0 Å². The Hall–Kier alpha value is -2.17. The Morgan fingerprint density at radius 3 is 2.52 bits per heavy atom. The quantitative estimate of drug-likeness (QED) is 0.306. The molecule has 1 unspecified atom stereocenters. The summed E-state index contributed by atoms with van der Waals surface area (Å²) in [5, 5.41) is 0. The van der Waals surface area contributed by atoms with Crippen molar-refractivity contribution < 1.29 is 4.79 Å². The normalized spacial score (nSPS) is 12.2. The molecule has 0 aliphatic heterocycles. The Morgan fingerprint density at radius 1 is 1.11 bits per heavy atom. The Balaban J connectivity index is 1.87. The smallest absolute Gasteiger partial charge is 0.172 e. The van der Waals surface area contributed by atoms with Gasteiger partial charge in [-0.05, 0) is 57.9 Å². The fourth-order valence-electron chi connectivity index (χ4n) is 2.88. The summed E-state index contributed by atoms with van der Waals surface area (Å²) < 4.78 is 0.810. The van der Waals surface area contributed by atoms with Crippen LogP contribution in [0.2, 0.25) is 0 Å². The molecule has 0 saturated heterocycles. The van der Waals surface area contributed by atoms with E-state index in [1.165, 1.54) is 4.90 Å². The molecule has 0 bridgehead atoms. The predicted octanol–water partition coefficient (Wildman–Crippen LogP) is 6.64. The minimum Gasteiger partial charge on any atom is -0.293 e. The Bertz CT molecular complexity index is 923. The lowest BCUT2D eigenvalue weighted by atomic mass is 9.88. The van der Waals surface area contributed by atoms with Crippen LogP contribution in [-0.2, 0) is 0 Å². The molecular weight excluding hydrogens is 418 g/mol. The molecule has 0 aliphatic rings. The van der Waals surface area contributed by atoms with Gasteiger partial charge in [-0.3, -0.25) is 9.78 Å². The van der Waals surface area contributed by atoms with Gasteiger partial charge in [0.1, 0.15) is 0 Å². The van der Waals surface area contributed by atoms with E-state index in [-0.39, 0.29) is 11.7 Å². The van der Waals surface area contributed by atoms with E-state index in [0.29, 0.717) is 12.0 Å². The monoisotopic (exact) mass is 437 g/mol. The van der Waals surface area contributed by atoms with Gasteiger partial charge in [0.25, 0.3) is 0 Å². The summed E-state index contributed by atoms with van der Waals surface area (Å²) in [4.78, 5) is 18.5. The number of halogens is 1. The third-order valence-electron chi connectivity index (χ3n) is 4.31. The number of Topliss-reactive ketones (excluding diaryl/α,β-unsaturated/α-hetero) is 1. The Labute approximate surface area is 172 Å². The predicted molar refractivity (Wildman–Crippen MR) is 117 cm³/mol. The van der Waals surface area contributed by atoms with E-state index in [1.54, 1.807) is 24.2 Å². The van der Waals surface area contributed by atoms with E-state index in [4.69, 9.17) is 0 Å². The lowest BCUT2D eigenvalue weighted by molar-refractivity contribution is 0.0959. The molecule has 0 aliphatic carbocycles. The number of benzene rings is 2. The summed E-state index contributed by atoms with van der Waals surface area (Å²) in [6.07, 6.45) is 10.2. The number of hydrogen-bond donors (Lipinski definition) is 0. The molecule has 1 atom stereocenters. The highest BCUT2D eigenvalue weighted by Gasteiger charge is 2.21. The molecule has 27 heavy (non-hydrogen) atoms. The molecule has 0 amide bonds. The number of nitrogens with zero attached hydrogens (tertiary/aromatic N) is 1. The maximum Gasteiger partial charge on any atom is 0.172 e. The van der Waals surface area contributed by atoms with Crippen LogP contribution in [0.1, 0.15) is 33.8 Å². The average Bonchev–Trinajstić information content (AvgIpc) is 2.72. The van der Waals surface area contributed by atoms with E-state index in [2.05, 4.69) is 69.5 Å². The molecule has 0 saturated carbocycles. The standard InChI is InChI=1S/C23H20BrNOS/c1-27-21-12-10-18(11-13-21)22(9-5-8-17-6-3-2-4-7-17)23(26)19-14-20(24)16-25-15-19/h2-8,10-16,22H,9H2,1H3. The SMILES string of the molecule is CSc1ccc(C(CC=Cc2ccccc2)C(=O)c2cncc(Br)c2)cc1. The van der Waals surface area contributed by atoms with Gasteiger partial charge < -0.3 is 0 Å². The number of hydrogen-bond acceptors (Lipinski definition) is 3. The van der Waals surface area contributed by atoms with Crippen molar-refractivity contribution in [1.29, 1.82) is 0 Å². The summed E-state index contributed by atoms with van der Waals surface area (Å²) in [5.74, 6) is -0.157. The van der Waals surface area contributed by atoms with Crippen molar-refractivity contribution >= 4 is 39.6 Å². The molecule has 3 rings (SSSR count). The van der Waals surface area contributed by atoms with Gasteiger partial charge in [-0.15, -0.1) is 11.8 Å². The minimum atomic E-state index is -0.239. The van der Waals surface area contributed by atoms with Crippen LogP contribution in [0.25, 0.3) is 6.08 Å². The van der Waals surface area contributed by atoms with Gasteiger partial charge in [-0.25, -0.2) is 0 Å². The number of rotatable bonds is 7. The van der Waals surface area contributed by atoms with Crippen molar-refractivity contribution in [2.45, 2.75) is 17.2 Å². The van der Waals surface area contributed by atoms with Crippen molar-refractivity contribution in [2.24, 2.45) is 0 Å². The van der Waals surface area contributed by atoms with Gasteiger partial charge in [0, 0.05) is 27.3 Å². The largest absolute Gasteiger partial charge is 0.293 e. The number of pyridine rings is 1. The maximum atomic E-state index is 13.2. The Morgan fingerprint density at radius 2 is 1.85 bits per heavy atom. The highest BCUT2D eigenvalue weighted by atomic mass is 79.9. The van der Waals surface area contributed by atoms with Crippen LogP contribution < -0.4 is 0 Å². The molecule has 1 heterocycles. The summed E-state index contributed by atoms with van der Waals surface area (Å²) in [7, 11) is 0. The second kappa shape index (κ2) is 9.67. The van der Waals surface area contributed by atoms with Gasteiger partial charge in [-0.1, -0.05) is 54.6 Å². The first kappa shape index (κ1) is 19.6. The van der Waals surface area contributed by atoms with E-state index in [9.17, 15) is 4.79 Å². The molecule has 136 valence electrons. The molecule has 3 aromatic rings. The maximum absolute atomic E-state index is 13.2. The zero-order valence-corrected chi connectivity index (χ0v) is 17.4. The summed E-state index contributed by atoms with van der Waals surface area (Å²) in [5.41, 5.74) is 2.78. The van der Waals surface area contributed by atoms with Gasteiger partial charge in [0.15, 0.2) is 5.78 Å². The number of allylic oxidation sites excluding steroid dienone is 1. The zero-order chi connectivity index (χ0) is 19.1. The second-order valence-corrected chi connectivity index (χ2v) is 7.93. The highest BCUT2D eigenvalue weighted by Crippen LogP contribution is 2.28. The van der Waals surface area contributed by atoms with Crippen LogP contribution in [0.4, 0.5) is 0 Å². The van der Waals surface area contributed by atoms with Gasteiger partial charge in [-0.2, -0.15) is 0 Å². The number of carbonyl (C=O) groups excluding carboxylic acids is 1. The molecule has 0 spiro atoms. The van der Waals surface area contributed by atoms with Crippen molar-refractivity contribution in [3.63, 3.8) is 0 Å². The summed E-state index contributed by atoms with van der Waals surface area (Å²) >= 11 is 5.10. The third-order valence-corrected chi connectivity index (χ3v) is 5.48. The van der Waals surface area contributed by atoms with Crippen LogP contribution in [0.3, 0.4) is 0 Å². The van der Waals surface area contributed by atoms with Crippen LogP contribution in [-0.4, -0.2) is 17.0 Å². The Kier molecular flexibility index (Phi) is 7.02. The molecule has 4 heteroatoms. The second-order valence-electron chi connectivity index (χ2n) is 6.13. The number of aromatic nitrogens is 1. The fraction of sp³-hybridized carbons (Fsp3) is 0.130. The molecule has 2 nitrogen and oxygen atoms in total. The minimum absolute atomic E-state index is 0.0819. The van der Waals surface area contributed by atoms with Crippen LogP contribution >= 0.6 is 27.7 Å². The highest BCUT2D eigenvalue weighted by molar-refractivity contribution is 9.10. The molecule has 2 aromatic carbocycles. The molecule has 0 fully saturated rings. The van der Waals surface area contributed by atoms with E-state index >= 15 is 0 Å². The van der Waals surface area contributed by atoms with Crippen molar-refractivity contribution in [3.8, 4) is 0 Å². The van der Waals surface area contributed by atoms with Gasteiger partial charge in [0.2, 0.25) is 0 Å². The fourth-order valence-corrected chi connectivity index (χ4v) is 3.66. The number of ketones is 1. The van der Waals surface area contributed by atoms with E-state index < -0.39 is 0 Å². The lowest BCUT2D eigenvalue weighted by Gasteiger charge is -2.15. The van der Waals surface area contributed by atoms with Crippen LogP contribution in [0.5, 0.6) is 0 Å². The third kappa shape index (κ3) is 5.41. The van der Waals surface area contributed by atoms with Crippen molar-refractivity contribution in [2.75, 3.05) is 6.26 Å². The van der Waals surface area contributed by atoms with Crippen molar-refractivity contribution in [3.05, 3.63) is 100 Å². The average molecular weight is 438 g/mol. The van der Waals surface area contributed by atoms with Crippen LogP contribution in [0, 0.1) is 0 Å². The van der Waals surface area contributed by atoms with Gasteiger partial charge in [0.05, 0.1) is 5.92 Å². The first-order chi connectivity index (χ1) is 13.2. The first-order valence-corrected chi connectivity index (χ1v) is 10.7. The molecular formula is C23H20BrNOS. The molecule has 0 N–H and O–H groups in total. The van der Waals surface area contributed by atoms with Crippen LogP contribution in [0.15, 0.2) is 88.5 Å². The van der Waals surface area contributed by atoms with E-state index in [1.807, 2.05) is 30.5 Å². The first-order valence-electron chi connectivity index (χ1n) is 8.67. The lowest BCUT2D eigenvalue weighted by Crippen LogP contribution is -2.13. The van der Waals surface area contributed by atoms with Gasteiger partial charge >= 0.3 is 0 Å². The summed E-state index contributed by atoms with van der Waals surface area (Å²) in [6, 6.07) is 20.2. The van der Waals surface area contributed by atoms with Crippen molar-refractivity contribution in [1.82, 2.24) is 4.98 Å².